The van der Waals surface area contributed by atoms with Gasteiger partial charge in [-0.15, -0.1) is 0 Å². The molecule has 0 aliphatic heterocycles. The maximum absolute atomic E-state index is 12.7. The minimum Gasteiger partial charge on any atom is -0.351 e. The van der Waals surface area contributed by atoms with E-state index in [0.29, 0.717) is 5.56 Å². The Bertz CT molecular complexity index is 398. The Morgan fingerprint density at radius 1 is 1.32 bits per heavy atom. The van der Waals surface area contributed by atoms with Crippen LogP contribution in [0.4, 0.5) is 13.2 Å². The van der Waals surface area contributed by atoms with Crippen molar-refractivity contribution < 1.29 is 22.7 Å². The first-order valence-electron chi connectivity index (χ1n) is 5.62. The summed E-state index contributed by atoms with van der Waals surface area (Å²) in [7, 11) is 1.47. The van der Waals surface area contributed by atoms with Crippen molar-refractivity contribution in [3.63, 3.8) is 0 Å². The van der Waals surface area contributed by atoms with Gasteiger partial charge in [-0.1, -0.05) is 12.1 Å². The molecule has 0 aliphatic rings. The van der Waals surface area contributed by atoms with Gasteiger partial charge in [0, 0.05) is 6.54 Å². The summed E-state index contributed by atoms with van der Waals surface area (Å²) in [6, 6.07) is 4.74. The predicted octanol–water partition coefficient (Wildman–Crippen LogP) is 1.27. The van der Waals surface area contributed by atoms with E-state index in [-0.39, 0.29) is 12.4 Å². The van der Waals surface area contributed by atoms with Crippen molar-refractivity contribution >= 4 is 5.91 Å². The topological polar surface area (TPSA) is 50.4 Å². The summed E-state index contributed by atoms with van der Waals surface area (Å²) >= 11 is 0. The van der Waals surface area contributed by atoms with Crippen LogP contribution in [-0.2, 0) is 16.1 Å². The molecule has 7 heteroatoms. The maximum atomic E-state index is 12.7. The first-order valence-corrected chi connectivity index (χ1v) is 5.62. The summed E-state index contributed by atoms with van der Waals surface area (Å²) in [5.74, 6) is -0.832. The second kappa shape index (κ2) is 7.75. The Hall–Kier alpha value is -1.60. The van der Waals surface area contributed by atoms with Crippen LogP contribution in [0.5, 0.6) is 0 Å². The molecule has 0 bridgehead atoms. The van der Waals surface area contributed by atoms with E-state index in [0.717, 1.165) is 0 Å². The SMILES string of the molecule is CNC(COC(F)F)C(=O)NCc1ccc(F)cc1. The highest BCUT2D eigenvalue weighted by atomic mass is 19.3. The number of ether oxygens (including phenoxy) is 1. The van der Waals surface area contributed by atoms with E-state index in [1.807, 2.05) is 0 Å². The number of alkyl halides is 2. The Morgan fingerprint density at radius 3 is 2.47 bits per heavy atom. The lowest BCUT2D eigenvalue weighted by molar-refractivity contribution is -0.143. The molecule has 1 rings (SSSR count). The highest BCUT2D eigenvalue weighted by molar-refractivity contribution is 5.81. The van der Waals surface area contributed by atoms with Gasteiger partial charge >= 0.3 is 6.61 Å². The van der Waals surface area contributed by atoms with E-state index in [1.165, 1.54) is 31.3 Å². The third-order valence-electron chi connectivity index (χ3n) is 2.43. The average molecular weight is 276 g/mol. The molecule has 0 fully saturated rings. The van der Waals surface area contributed by atoms with Gasteiger partial charge in [0.05, 0.1) is 6.61 Å². The molecule has 1 atom stereocenters. The number of halogens is 3. The number of amides is 1. The molecular weight excluding hydrogens is 261 g/mol. The van der Waals surface area contributed by atoms with Crippen LogP contribution in [0.15, 0.2) is 24.3 Å². The number of benzene rings is 1. The number of hydrogen-bond acceptors (Lipinski definition) is 3. The smallest absolute Gasteiger partial charge is 0.345 e. The fourth-order valence-electron chi connectivity index (χ4n) is 1.37. The Balaban J connectivity index is 2.42. The lowest BCUT2D eigenvalue weighted by Crippen LogP contribution is -2.45. The molecule has 0 saturated heterocycles. The molecule has 0 heterocycles. The van der Waals surface area contributed by atoms with E-state index in [2.05, 4.69) is 15.4 Å². The highest BCUT2D eigenvalue weighted by Crippen LogP contribution is 2.02. The van der Waals surface area contributed by atoms with Crippen LogP contribution in [0.1, 0.15) is 5.56 Å². The molecule has 0 spiro atoms. The molecule has 4 nitrogen and oxygen atoms in total. The molecule has 1 aromatic carbocycles. The monoisotopic (exact) mass is 276 g/mol. The normalized spacial score (nSPS) is 12.5. The highest BCUT2D eigenvalue weighted by Gasteiger charge is 2.18. The standard InChI is InChI=1S/C12H15F3N2O2/c1-16-10(7-19-12(14)15)11(18)17-6-8-2-4-9(13)5-3-8/h2-5,10,12,16H,6-7H2,1H3,(H,17,18). The van der Waals surface area contributed by atoms with Gasteiger partial charge in [-0.2, -0.15) is 8.78 Å². The number of nitrogens with one attached hydrogen (secondary N) is 2. The second-order valence-electron chi connectivity index (χ2n) is 3.78. The van der Waals surface area contributed by atoms with E-state index in [1.54, 1.807) is 0 Å². The largest absolute Gasteiger partial charge is 0.351 e. The Labute approximate surface area is 108 Å². The fraction of sp³-hybridized carbons (Fsp3) is 0.417. The van der Waals surface area contributed by atoms with Crippen molar-refractivity contribution in [3.8, 4) is 0 Å². The average Bonchev–Trinajstić information content (AvgIpc) is 2.38. The molecule has 106 valence electrons. The zero-order chi connectivity index (χ0) is 14.3. The van der Waals surface area contributed by atoms with Gasteiger partial charge in [0.25, 0.3) is 0 Å². The molecule has 19 heavy (non-hydrogen) atoms. The second-order valence-corrected chi connectivity index (χ2v) is 3.78. The molecular formula is C12H15F3N2O2. The van der Waals surface area contributed by atoms with Crippen molar-refractivity contribution in [3.05, 3.63) is 35.6 Å². The summed E-state index contributed by atoms with van der Waals surface area (Å²) in [4.78, 5) is 11.7. The minimum atomic E-state index is -2.92. The summed E-state index contributed by atoms with van der Waals surface area (Å²) < 4.78 is 40.5. The first kappa shape index (κ1) is 15.5. The third kappa shape index (κ3) is 5.71. The number of carbonyl (C=O) groups excluding carboxylic acids is 1. The van der Waals surface area contributed by atoms with Crippen molar-refractivity contribution in [1.29, 1.82) is 0 Å². The van der Waals surface area contributed by atoms with Crippen LogP contribution in [-0.4, -0.2) is 32.2 Å². The molecule has 1 aromatic rings. The van der Waals surface area contributed by atoms with Crippen molar-refractivity contribution in [1.82, 2.24) is 10.6 Å². The lowest BCUT2D eigenvalue weighted by Gasteiger charge is -2.15. The first-order chi connectivity index (χ1) is 9.02. The van der Waals surface area contributed by atoms with Crippen molar-refractivity contribution in [2.24, 2.45) is 0 Å². The maximum Gasteiger partial charge on any atom is 0.345 e. The summed E-state index contributed by atoms with van der Waals surface area (Å²) in [5.41, 5.74) is 0.708. The van der Waals surface area contributed by atoms with Crippen molar-refractivity contribution in [2.45, 2.75) is 19.2 Å². The molecule has 0 aromatic heterocycles. The lowest BCUT2D eigenvalue weighted by atomic mass is 10.2. The zero-order valence-corrected chi connectivity index (χ0v) is 10.3. The van der Waals surface area contributed by atoms with Crippen LogP contribution >= 0.6 is 0 Å². The Morgan fingerprint density at radius 2 is 1.95 bits per heavy atom. The molecule has 1 unspecified atom stereocenters. The van der Waals surface area contributed by atoms with E-state index >= 15 is 0 Å². The van der Waals surface area contributed by atoms with Crippen LogP contribution in [0.25, 0.3) is 0 Å². The number of carbonyl (C=O) groups is 1. The van der Waals surface area contributed by atoms with E-state index in [9.17, 15) is 18.0 Å². The fourth-order valence-corrected chi connectivity index (χ4v) is 1.37. The summed E-state index contributed by atoms with van der Waals surface area (Å²) in [5, 5.41) is 5.12. The number of rotatable bonds is 7. The van der Waals surface area contributed by atoms with Gasteiger partial charge in [-0.05, 0) is 24.7 Å². The van der Waals surface area contributed by atoms with Gasteiger partial charge in [0.1, 0.15) is 11.9 Å². The number of hydrogen-bond donors (Lipinski definition) is 2. The molecule has 0 saturated carbocycles. The summed E-state index contributed by atoms with van der Waals surface area (Å²) in [6.45, 7) is -3.16. The zero-order valence-electron chi connectivity index (χ0n) is 10.3. The third-order valence-corrected chi connectivity index (χ3v) is 2.43. The van der Waals surface area contributed by atoms with Gasteiger partial charge in [0.2, 0.25) is 5.91 Å². The minimum absolute atomic E-state index is 0.186. The van der Waals surface area contributed by atoms with Crippen LogP contribution in [0, 0.1) is 5.82 Å². The van der Waals surface area contributed by atoms with Crippen molar-refractivity contribution in [2.75, 3.05) is 13.7 Å². The molecule has 1 amide bonds. The quantitative estimate of drug-likeness (QED) is 0.788. The van der Waals surface area contributed by atoms with Crippen LogP contribution in [0.2, 0.25) is 0 Å². The predicted molar refractivity (Wildman–Crippen MR) is 63.1 cm³/mol. The van der Waals surface area contributed by atoms with Gasteiger partial charge in [-0.25, -0.2) is 4.39 Å². The van der Waals surface area contributed by atoms with Gasteiger partial charge in [-0.3, -0.25) is 4.79 Å². The molecule has 0 radical (unpaired) electrons. The van der Waals surface area contributed by atoms with E-state index in [4.69, 9.17) is 0 Å². The van der Waals surface area contributed by atoms with E-state index < -0.39 is 25.2 Å². The summed E-state index contributed by atoms with van der Waals surface area (Å²) in [6.07, 6.45) is 0. The van der Waals surface area contributed by atoms with Gasteiger partial charge < -0.3 is 15.4 Å². The number of likely N-dealkylation sites (N-methyl/N-ethyl adjacent to an activating group) is 1. The van der Waals surface area contributed by atoms with Crippen LogP contribution < -0.4 is 10.6 Å². The molecule has 2 N–H and O–H groups in total. The molecule has 0 aliphatic carbocycles. The van der Waals surface area contributed by atoms with Gasteiger partial charge in [0.15, 0.2) is 0 Å². The Kier molecular flexibility index (Phi) is 6.31. The van der Waals surface area contributed by atoms with Crippen LogP contribution in [0.3, 0.4) is 0 Å².